The summed E-state index contributed by atoms with van der Waals surface area (Å²) >= 11 is 0. The van der Waals surface area contributed by atoms with E-state index < -0.39 is 23.7 Å². The van der Waals surface area contributed by atoms with Crippen LogP contribution in [-0.2, 0) is 16.1 Å². The zero-order valence-electron chi connectivity index (χ0n) is 18.6. The van der Waals surface area contributed by atoms with E-state index in [9.17, 15) is 19.5 Å². The molecule has 8 heteroatoms. The molecule has 1 aliphatic rings. The summed E-state index contributed by atoms with van der Waals surface area (Å²) in [5.74, 6) is -2.00. The molecular weight excluding hydrogens is 438 g/mol. The van der Waals surface area contributed by atoms with Gasteiger partial charge in [-0.25, -0.2) is 4.79 Å². The summed E-state index contributed by atoms with van der Waals surface area (Å²) in [4.78, 5) is 38.5. The highest BCUT2D eigenvalue weighted by Gasteiger charge is 2.47. The van der Waals surface area contributed by atoms with E-state index in [1.165, 1.54) is 23.3 Å². The number of aryl methyl sites for hydroxylation is 1. The van der Waals surface area contributed by atoms with Gasteiger partial charge in [0.2, 0.25) is 0 Å². The van der Waals surface area contributed by atoms with Gasteiger partial charge in [-0.1, -0.05) is 12.1 Å². The van der Waals surface area contributed by atoms with Gasteiger partial charge in [0.25, 0.3) is 11.7 Å². The van der Waals surface area contributed by atoms with Crippen molar-refractivity contribution in [1.29, 1.82) is 0 Å². The number of aromatic carboxylic acids is 1. The molecule has 174 valence electrons. The van der Waals surface area contributed by atoms with Crippen LogP contribution in [-0.4, -0.2) is 39.4 Å². The third kappa shape index (κ3) is 4.17. The fraction of sp³-hybridized carbons (Fsp3) is 0.192. The summed E-state index contributed by atoms with van der Waals surface area (Å²) in [5, 5.41) is 20.2. The number of ether oxygens (including phenoxy) is 1. The number of likely N-dealkylation sites (tertiary alicyclic amines) is 1. The van der Waals surface area contributed by atoms with Gasteiger partial charge in [-0.05, 0) is 67.4 Å². The predicted octanol–water partition coefficient (Wildman–Crippen LogP) is 4.31. The van der Waals surface area contributed by atoms with Gasteiger partial charge in [0.1, 0.15) is 23.3 Å². The number of rotatable bonds is 7. The van der Waals surface area contributed by atoms with Gasteiger partial charge in [0, 0.05) is 12.1 Å². The second-order valence-corrected chi connectivity index (χ2v) is 7.86. The first-order valence-corrected chi connectivity index (χ1v) is 10.7. The largest absolute Gasteiger partial charge is 0.507 e. The van der Waals surface area contributed by atoms with Crippen LogP contribution in [0.15, 0.2) is 70.9 Å². The normalized spacial score (nSPS) is 17.2. The highest BCUT2D eigenvalue weighted by atomic mass is 16.5. The second kappa shape index (κ2) is 9.27. The molecule has 0 bridgehead atoms. The van der Waals surface area contributed by atoms with Gasteiger partial charge in [0.15, 0.2) is 0 Å². The third-order valence-corrected chi connectivity index (χ3v) is 5.65. The van der Waals surface area contributed by atoms with Crippen molar-refractivity contribution in [2.75, 3.05) is 6.61 Å². The zero-order chi connectivity index (χ0) is 24.4. The molecule has 0 aliphatic carbocycles. The fourth-order valence-corrected chi connectivity index (χ4v) is 4.00. The molecule has 1 amide bonds. The van der Waals surface area contributed by atoms with E-state index in [-0.39, 0.29) is 23.4 Å². The monoisotopic (exact) mass is 461 g/mol. The van der Waals surface area contributed by atoms with E-state index in [1.54, 1.807) is 42.5 Å². The minimum Gasteiger partial charge on any atom is -0.507 e. The minimum absolute atomic E-state index is 0.0227. The van der Waals surface area contributed by atoms with Gasteiger partial charge < -0.3 is 24.3 Å². The van der Waals surface area contributed by atoms with Crippen LogP contribution in [0.1, 0.15) is 45.8 Å². The predicted molar refractivity (Wildman–Crippen MR) is 122 cm³/mol. The number of carbonyl (C=O) groups is 3. The molecule has 0 saturated carbocycles. The molecule has 2 heterocycles. The summed E-state index contributed by atoms with van der Waals surface area (Å²) in [6.07, 6.45) is 1.43. The number of carboxylic acid groups (broad SMARTS) is 1. The molecule has 3 aromatic rings. The van der Waals surface area contributed by atoms with E-state index in [1.807, 2.05) is 13.8 Å². The van der Waals surface area contributed by atoms with Crippen molar-refractivity contribution < 1.29 is 33.8 Å². The number of nitrogens with zero attached hydrogens (tertiary/aromatic N) is 1. The van der Waals surface area contributed by atoms with E-state index in [0.29, 0.717) is 29.2 Å². The average Bonchev–Trinajstić information content (AvgIpc) is 3.43. The first kappa shape index (κ1) is 22.8. The summed E-state index contributed by atoms with van der Waals surface area (Å²) < 4.78 is 11.1. The zero-order valence-corrected chi connectivity index (χ0v) is 18.6. The van der Waals surface area contributed by atoms with Crippen LogP contribution < -0.4 is 4.74 Å². The van der Waals surface area contributed by atoms with Gasteiger partial charge in [0.05, 0.1) is 24.0 Å². The number of Topliss-reactive ketones (excluding diaryl/α,β-unsaturated/α-hetero) is 1. The van der Waals surface area contributed by atoms with Crippen LogP contribution in [0.3, 0.4) is 0 Å². The molecule has 0 radical (unpaired) electrons. The van der Waals surface area contributed by atoms with Gasteiger partial charge in [-0.2, -0.15) is 0 Å². The smallest absolute Gasteiger partial charge is 0.335 e. The fourth-order valence-electron chi connectivity index (χ4n) is 4.00. The van der Waals surface area contributed by atoms with Gasteiger partial charge in [-0.3, -0.25) is 9.59 Å². The maximum atomic E-state index is 13.1. The lowest BCUT2D eigenvalue weighted by molar-refractivity contribution is -0.140. The second-order valence-electron chi connectivity index (χ2n) is 7.86. The first-order valence-electron chi connectivity index (χ1n) is 10.7. The van der Waals surface area contributed by atoms with Gasteiger partial charge in [-0.15, -0.1) is 0 Å². The number of hydrogen-bond acceptors (Lipinski definition) is 6. The Kier molecular flexibility index (Phi) is 6.23. The van der Waals surface area contributed by atoms with Crippen LogP contribution in [0.25, 0.3) is 5.76 Å². The number of aliphatic hydroxyl groups is 1. The Labute approximate surface area is 195 Å². The Morgan fingerprint density at radius 3 is 2.35 bits per heavy atom. The van der Waals surface area contributed by atoms with Crippen LogP contribution in [0.4, 0.5) is 0 Å². The van der Waals surface area contributed by atoms with Crippen molar-refractivity contribution in [2.24, 2.45) is 0 Å². The Bertz CT molecular complexity index is 1270. The maximum Gasteiger partial charge on any atom is 0.335 e. The lowest BCUT2D eigenvalue weighted by Crippen LogP contribution is -2.29. The lowest BCUT2D eigenvalue weighted by atomic mass is 9.98. The first-order chi connectivity index (χ1) is 16.3. The molecule has 1 aromatic heterocycles. The Hall–Kier alpha value is -4.33. The van der Waals surface area contributed by atoms with Crippen molar-refractivity contribution in [3.63, 3.8) is 0 Å². The number of carboxylic acids is 1. The van der Waals surface area contributed by atoms with Crippen molar-refractivity contribution in [3.05, 3.63) is 94.4 Å². The summed E-state index contributed by atoms with van der Waals surface area (Å²) in [6, 6.07) is 13.4. The number of ketones is 1. The van der Waals surface area contributed by atoms with E-state index in [4.69, 9.17) is 14.3 Å². The van der Waals surface area contributed by atoms with E-state index >= 15 is 0 Å². The van der Waals surface area contributed by atoms with Crippen LogP contribution in [0.2, 0.25) is 0 Å². The van der Waals surface area contributed by atoms with E-state index in [0.717, 1.165) is 5.56 Å². The molecule has 8 nitrogen and oxygen atoms in total. The SMILES string of the molecule is CCOc1ccc(/C(O)=C2/C(=O)C(=O)N(Cc3ccc(C(=O)O)cc3)C2c2ccco2)cc1C. The number of hydrogen-bond donors (Lipinski definition) is 2. The molecule has 1 aliphatic heterocycles. The lowest BCUT2D eigenvalue weighted by Gasteiger charge is -2.23. The highest BCUT2D eigenvalue weighted by molar-refractivity contribution is 6.46. The van der Waals surface area contributed by atoms with E-state index in [2.05, 4.69) is 0 Å². The molecule has 1 saturated heterocycles. The molecule has 1 unspecified atom stereocenters. The number of amides is 1. The van der Waals surface area contributed by atoms with Gasteiger partial charge >= 0.3 is 5.97 Å². The minimum atomic E-state index is -1.06. The summed E-state index contributed by atoms with van der Waals surface area (Å²) in [5.41, 5.74) is 1.81. The average molecular weight is 461 g/mol. The Morgan fingerprint density at radius 1 is 1.06 bits per heavy atom. The topological polar surface area (TPSA) is 117 Å². The van der Waals surface area contributed by atoms with Crippen molar-refractivity contribution in [3.8, 4) is 5.75 Å². The number of benzene rings is 2. The Balaban J connectivity index is 1.76. The molecule has 2 aromatic carbocycles. The molecular formula is C26H23NO7. The molecule has 1 atom stereocenters. The maximum absolute atomic E-state index is 13.1. The molecule has 4 rings (SSSR count). The quantitative estimate of drug-likeness (QED) is 0.306. The summed E-state index contributed by atoms with van der Waals surface area (Å²) in [7, 11) is 0. The summed E-state index contributed by atoms with van der Waals surface area (Å²) in [6.45, 7) is 4.21. The number of aliphatic hydroxyl groups excluding tert-OH is 1. The van der Waals surface area contributed by atoms with Crippen LogP contribution in [0.5, 0.6) is 5.75 Å². The number of furan rings is 1. The van der Waals surface area contributed by atoms with Crippen molar-refractivity contribution >= 4 is 23.4 Å². The molecule has 34 heavy (non-hydrogen) atoms. The molecule has 0 spiro atoms. The van der Waals surface area contributed by atoms with Crippen LogP contribution in [0, 0.1) is 6.92 Å². The Morgan fingerprint density at radius 2 is 1.76 bits per heavy atom. The number of carbonyl (C=O) groups excluding carboxylic acids is 2. The standard InChI is InChI=1S/C26H23NO7/c1-3-33-19-11-10-18(13-15(19)2)23(28)21-22(20-5-4-12-34-20)27(25(30)24(21)29)14-16-6-8-17(9-7-16)26(31)32/h4-13,22,28H,3,14H2,1-2H3,(H,31,32)/b23-21-. The molecule has 2 N–H and O–H groups in total. The highest BCUT2D eigenvalue weighted by Crippen LogP contribution is 2.40. The van der Waals surface area contributed by atoms with Crippen molar-refractivity contribution in [2.45, 2.75) is 26.4 Å². The third-order valence-electron chi connectivity index (χ3n) is 5.65. The van der Waals surface area contributed by atoms with Crippen LogP contribution >= 0.6 is 0 Å². The van der Waals surface area contributed by atoms with Crippen molar-refractivity contribution in [1.82, 2.24) is 4.90 Å². The molecule has 1 fully saturated rings.